The van der Waals surface area contributed by atoms with E-state index in [1.54, 1.807) is 22.3 Å². The predicted octanol–water partition coefficient (Wildman–Crippen LogP) is 2.03. The molecule has 7 heteroatoms. The molecule has 1 aromatic carbocycles. The van der Waals surface area contributed by atoms with Gasteiger partial charge >= 0.3 is 0 Å². The number of hydrogen-bond acceptors (Lipinski definition) is 5. The van der Waals surface area contributed by atoms with E-state index in [0.717, 1.165) is 10.5 Å². The van der Waals surface area contributed by atoms with Crippen LogP contribution in [0.4, 0.5) is 0 Å². The highest BCUT2D eigenvalue weighted by Gasteiger charge is 2.19. The summed E-state index contributed by atoms with van der Waals surface area (Å²) in [6.07, 6.45) is 4.55. The van der Waals surface area contributed by atoms with Gasteiger partial charge in [-0.2, -0.15) is 0 Å². The lowest BCUT2D eigenvalue weighted by molar-refractivity contribution is 0.0997. The molecule has 0 spiro atoms. The van der Waals surface area contributed by atoms with Gasteiger partial charge in [0.05, 0.1) is 18.4 Å². The minimum Gasteiger partial charge on any atom is -0.492 e. The second-order valence-corrected chi connectivity index (χ2v) is 5.40. The molecular weight excluding hydrogens is 300 g/mol. The van der Waals surface area contributed by atoms with Crippen LogP contribution in [-0.2, 0) is 0 Å². The molecule has 2 aromatic heterocycles. The number of carbonyl (C=O) groups is 1. The SMILES string of the molecule is COc1c(C(N)=O)cc(-c2ccc(SC)cc2)n2n[c]nc12. The van der Waals surface area contributed by atoms with Crippen LogP contribution in [0.2, 0.25) is 0 Å². The number of methoxy groups -OCH3 is 1. The number of ether oxygens (including phenoxy) is 1. The summed E-state index contributed by atoms with van der Waals surface area (Å²) >= 11 is 1.66. The first-order chi connectivity index (χ1) is 10.7. The van der Waals surface area contributed by atoms with E-state index >= 15 is 0 Å². The molecule has 0 saturated heterocycles. The van der Waals surface area contributed by atoms with E-state index in [1.807, 2.05) is 30.5 Å². The van der Waals surface area contributed by atoms with Crippen molar-refractivity contribution in [1.29, 1.82) is 0 Å². The van der Waals surface area contributed by atoms with Crippen molar-refractivity contribution in [3.8, 4) is 17.0 Å². The number of hydrogen-bond donors (Lipinski definition) is 1. The van der Waals surface area contributed by atoms with Crippen molar-refractivity contribution in [2.75, 3.05) is 13.4 Å². The van der Waals surface area contributed by atoms with Gasteiger partial charge in [0.25, 0.3) is 5.91 Å². The topological polar surface area (TPSA) is 82.5 Å². The van der Waals surface area contributed by atoms with Crippen molar-refractivity contribution in [3.63, 3.8) is 0 Å². The van der Waals surface area contributed by atoms with E-state index < -0.39 is 5.91 Å². The van der Waals surface area contributed by atoms with Gasteiger partial charge in [0.1, 0.15) is 0 Å². The molecule has 2 N–H and O–H groups in total. The zero-order valence-corrected chi connectivity index (χ0v) is 12.8. The average molecular weight is 313 g/mol. The van der Waals surface area contributed by atoms with Crippen molar-refractivity contribution >= 4 is 23.3 Å². The maximum absolute atomic E-state index is 11.7. The summed E-state index contributed by atoms with van der Waals surface area (Å²) in [5, 5.41) is 4.09. The molecule has 0 fully saturated rings. The molecule has 6 nitrogen and oxygen atoms in total. The molecule has 1 radical (unpaired) electrons. The minimum atomic E-state index is -0.579. The second kappa shape index (κ2) is 5.69. The number of nitrogens with zero attached hydrogens (tertiary/aromatic N) is 3. The van der Waals surface area contributed by atoms with Gasteiger partial charge in [-0.3, -0.25) is 4.79 Å². The first-order valence-electron chi connectivity index (χ1n) is 6.43. The Morgan fingerprint density at radius 2 is 2.09 bits per heavy atom. The smallest absolute Gasteiger partial charge is 0.252 e. The molecule has 22 heavy (non-hydrogen) atoms. The van der Waals surface area contributed by atoms with E-state index in [-0.39, 0.29) is 5.56 Å². The Morgan fingerprint density at radius 3 is 2.68 bits per heavy atom. The molecule has 0 aliphatic rings. The van der Waals surface area contributed by atoms with Crippen LogP contribution in [0, 0.1) is 6.33 Å². The van der Waals surface area contributed by atoms with Gasteiger partial charge in [0.2, 0.25) is 6.33 Å². The number of rotatable bonds is 4. The molecule has 0 bridgehead atoms. The summed E-state index contributed by atoms with van der Waals surface area (Å²) in [6, 6.07) is 9.57. The molecule has 1 amide bonds. The third-order valence-electron chi connectivity index (χ3n) is 3.31. The van der Waals surface area contributed by atoms with Gasteiger partial charge in [-0.05, 0) is 24.5 Å². The summed E-state index contributed by atoms with van der Waals surface area (Å²) in [7, 11) is 1.46. The zero-order chi connectivity index (χ0) is 15.7. The van der Waals surface area contributed by atoms with Gasteiger partial charge in [-0.25, -0.2) is 9.50 Å². The van der Waals surface area contributed by atoms with Crippen molar-refractivity contribution < 1.29 is 9.53 Å². The Hall–Kier alpha value is -2.54. The summed E-state index contributed by atoms with van der Waals surface area (Å²) in [4.78, 5) is 16.9. The van der Waals surface area contributed by atoms with Crippen LogP contribution >= 0.6 is 11.8 Å². The average Bonchev–Trinajstić information content (AvgIpc) is 3.02. The van der Waals surface area contributed by atoms with Crippen molar-refractivity contribution in [1.82, 2.24) is 14.6 Å². The molecule has 0 aliphatic carbocycles. The highest BCUT2D eigenvalue weighted by Crippen LogP contribution is 2.30. The number of nitrogens with two attached hydrogens (primary N) is 1. The van der Waals surface area contributed by atoms with Gasteiger partial charge in [0, 0.05) is 10.5 Å². The van der Waals surface area contributed by atoms with Gasteiger partial charge < -0.3 is 10.5 Å². The lowest BCUT2D eigenvalue weighted by Gasteiger charge is -2.11. The van der Waals surface area contributed by atoms with Crippen LogP contribution in [0.15, 0.2) is 35.2 Å². The highest BCUT2D eigenvalue weighted by atomic mass is 32.2. The fourth-order valence-electron chi connectivity index (χ4n) is 2.26. The molecule has 0 unspecified atom stereocenters. The number of carbonyl (C=O) groups excluding carboxylic acids is 1. The third kappa shape index (κ3) is 2.29. The van der Waals surface area contributed by atoms with Crippen LogP contribution < -0.4 is 10.5 Å². The Morgan fingerprint density at radius 1 is 1.36 bits per heavy atom. The van der Waals surface area contributed by atoms with Crippen LogP contribution in [0.25, 0.3) is 16.9 Å². The number of primary amides is 1. The Kier molecular flexibility index (Phi) is 3.72. The van der Waals surface area contributed by atoms with E-state index in [9.17, 15) is 4.79 Å². The number of benzene rings is 1. The lowest BCUT2D eigenvalue weighted by Crippen LogP contribution is -2.14. The van der Waals surface area contributed by atoms with E-state index in [4.69, 9.17) is 10.5 Å². The number of aromatic nitrogens is 3. The predicted molar refractivity (Wildman–Crippen MR) is 84.1 cm³/mol. The number of thioether (sulfide) groups is 1. The quantitative estimate of drug-likeness (QED) is 0.745. The van der Waals surface area contributed by atoms with E-state index in [0.29, 0.717) is 17.1 Å². The van der Waals surface area contributed by atoms with Crippen LogP contribution in [0.3, 0.4) is 0 Å². The molecular formula is C15H13N4O2S. The fraction of sp³-hybridized carbons (Fsp3) is 0.133. The third-order valence-corrected chi connectivity index (χ3v) is 4.06. The highest BCUT2D eigenvalue weighted by molar-refractivity contribution is 7.98. The summed E-state index contributed by atoms with van der Waals surface area (Å²) in [5.74, 6) is -0.282. The monoisotopic (exact) mass is 313 g/mol. The van der Waals surface area contributed by atoms with E-state index in [1.165, 1.54) is 7.11 Å². The Labute approximate surface area is 131 Å². The molecule has 0 aliphatic heterocycles. The molecule has 3 aromatic rings. The van der Waals surface area contributed by atoms with Gasteiger partial charge in [0.15, 0.2) is 11.4 Å². The second-order valence-electron chi connectivity index (χ2n) is 4.52. The summed E-state index contributed by atoms with van der Waals surface area (Å²) < 4.78 is 6.84. The molecule has 3 rings (SSSR count). The summed E-state index contributed by atoms with van der Waals surface area (Å²) in [6.45, 7) is 0. The van der Waals surface area contributed by atoms with Crippen molar-refractivity contribution in [3.05, 3.63) is 42.2 Å². The largest absolute Gasteiger partial charge is 0.492 e. The Bertz CT molecular complexity index is 843. The number of pyridine rings is 1. The maximum atomic E-state index is 11.7. The van der Waals surface area contributed by atoms with Crippen molar-refractivity contribution in [2.24, 2.45) is 5.73 Å². The van der Waals surface area contributed by atoms with Gasteiger partial charge in [-0.15, -0.1) is 16.9 Å². The standard InChI is InChI=1S/C15H13N4O2S/c1-21-13-11(14(16)20)7-12(19-15(13)17-8-18-19)9-3-5-10(22-2)6-4-9/h3-7H,1-2H3,(H2,16,20). The minimum absolute atomic E-state index is 0.264. The normalized spacial score (nSPS) is 10.8. The Balaban J connectivity index is 2.28. The molecule has 0 saturated carbocycles. The van der Waals surface area contributed by atoms with Crippen LogP contribution in [-0.4, -0.2) is 33.9 Å². The molecule has 0 atom stereocenters. The molecule has 111 valence electrons. The first kappa shape index (κ1) is 14.4. The first-order valence-corrected chi connectivity index (χ1v) is 7.66. The zero-order valence-electron chi connectivity index (χ0n) is 12.0. The van der Waals surface area contributed by atoms with Gasteiger partial charge in [-0.1, -0.05) is 12.1 Å². The van der Waals surface area contributed by atoms with Crippen LogP contribution in [0.1, 0.15) is 10.4 Å². The summed E-state index contributed by atoms with van der Waals surface area (Å²) in [5.41, 5.74) is 7.72. The maximum Gasteiger partial charge on any atom is 0.252 e. The number of amides is 1. The fourth-order valence-corrected chi connectivity index (χ4v) is 2.67. The van der Waals surface area contributed by atoms with E-state index in [2.05, 4.69) is 16.4 Å². The van der Waals surface area contributed by atoms with Crippen LogP contribution in [0.5, 0.6) is 5.75 Å². The molecule has 2 heterocycles. The number of fused-ring (bicyclic) bond motifs is 1. The lowest BCUT2D eigenvalue weighted by atomic mass is 10.1. The van der Waals surface area contributed by atoms with Crippen molar-refractivity contribution in [2.45, 2.75) is 4.90 Å².